The first-order valence-electron chi connectivity index (χ1n) is 5.22. The van der Waals surface area contributed by atoms with Gasteiger partial charge in [0.05, 0.1) is 10.9 Å². The number of hydrogen-bond acceptors (Lipinski definition) is 3. The lowest BCUT2D eigenvalue weighted by Crippen LogP contribution is -2.17. The topological polar surface area (TPSA) is 51.8 Å². The number of nitrogens with two attached hydrogens (primary N) is 1. The Kier molecular flexibility index (Phi) is 3.33. The van der Waals surface area contributed by atoms with Gasteiger partial charge in [0, 0.05) is 13.5 Å². The van der Waals surface area contributed by atoms with Crippen molar-refractivity contribution in [1.29, 1.82) is 0 Å². The zero-order chi connectivity index (χ0) is 12.8. The minimum atomic E-state index is -0.101. The molecule has 2 rings (SSSR count). The van der Waals surface area contributed by atoms with Crippen LogP contribution >= 0.6 is 38.5 Å². The van der Waals surface area contributed by atoms with E-state index < -0.39 is 0 Å². The average molecular weight is 406 g/mol. The fourth-order valence-corrected chi connectivity index (χ4v) is 3.31. The van der Waals surface area contributed by atoms with Gasteiger partial charge in [-0.15, -0.1) is 0 Å². The molecule has 2 N–H and O–H groups in total. The van der Waals surface area contributed by atoms with Crippen molar-refractivity contribution in [2.75, 3.05) is 5.73 Å². The van der Waals surface area contributed by atoms with Gasteiger partial charge in [-0.2, -0.15) is 0 Å². The lowest BCUT2D eigenvalue weighted by Gasteiger charge is -2.18. The molecule has 0 saturated carbocycles. The molecule has 0 amide bonds. The Hall–Kier alpha value is -0.430. The Morgan fingerprint density at radius 3 is 2.47 bits per heavy atom. The third kappa shape index (κ3) is 2.54. The van der Waals surface area contributed by atoms with Crippen LogP contribution in [0.15, 0.2) is 16.6 Å². The SMILES string of the molecule is CC(C)(C)c1nc(N)c2c(I)cc(Br)cc2n1. The van der Waals surface area contributed by atoms with Gasteiger partial charge in [-0.25, -0.2) is 9.97 Å². The average Bonchev–Trinajstić information content (AvgIpc) is 2.13. The van der Waals surface area contributed by atoms with Crippen molar-refractivity contribution in [3.63, 3.8) is 0 Å². The first-order valence-corrected chi connectivity index (χ1v) is 7.09. The highest BCUT2D eigenvalue weighted by Gasteiger charge is 2.19. The van der Waals surface area contributed by atoms with E-state index in [2.05, 4.69) is 69.3 Å². The number of nitrogen functional groups attached to an aromatic ring is 1. The molecule has 0 atom stereocenters. The number of hydrogen-bond donors (Lipinski definition) is 1. The molecule has 5 heteroatoms. The molecule has 2 aromatic rings. The fraction of sp³-hybridized carbons (Fsp3) is 0.333. The van der Waals surface area contributed by atoms with Crippen LogP contribution in [-0.2, 0) is 5.41 Å². The molecule has 0 aliphatic rings. The lowest BCUT2D eigenvalue weighted by atomic mass is 9.95. The molecular formula is C12H13BrIN3. The summed E-state index contributed by atoms with van der Waals surface area (Å²) in [4.78, 5) is 9.01. The first-order chi connectivity index (χ1) is 7.79. The van der Waals surface area contributed by atoms with E-state index in [1.807, 2.05) is 12.1 Å². The summed E-state index contributed by atoms with van der Waals surface area (Å²) in [5, 5.41) is 0.932. The van der Waals surface area contributed by atoms with Gasteiger partial charge in [0.15, 0.2) is 0 Å². The molecule has 0 spiro atoms. The molecule has 0 aliphatic heterocycles. The Bertz CT molecular complexity index is 590. The van der Waals surface area contributed by atoms with Crippen LogP contribution in [0.25, 0.3) is 10.9 Å². The third-order valence-corrected chi connectivity index (χ3v) is 3.72. The van der Waals surface area contributed by atoms with E-state index in [9.17, 15) is 0 Å². The molecule has 0 fully saturated rings. The highest BCUT2D eigenvalue weighted by molar-refractivity contribution is 14.1. The Morgan fingerprint density at radius 1 is 1.24 bits per heavy atom. The smallest absolute Gasteiger partial charge is 0.136 e. The molecule has 0 radical (unpaired) electrons. The molecule has 1 aromatic heterocycles. The van der Waals surface area contributed by atoms with Gasteiger partial charge in [-0.3, -0.25) is 0 Å². The molecule has 0 saturated heterocycles. The van der Waals surface area contributed by atoms with E-state index in [4.69, 9.17) is 5.73 Å². The summed E-state index contributed by atoms with van der Waals surface area (Å²) in [6, 6.07) is 3.99. The highest BCUT2D eigenvalue weighted by Crippen LogP contribution is 2.30. The Morgan fingerprint density at radius 2 is 1.88 bits per heavy atom. The van der Waals surface area contributed by atoms with E-state index in [0.29, 0.717) is 5.82 Å². The number of halogens is 2. The van der Waals surface area contributed by atoms with Crippen LogP contribution in [0.3, 0.4) is 0 Å². The summed E-state index contributed by atoms with van der Waals surface area (Å²) < 4.78 is 2.07. The molecule has 90 valence electrons. The van der Waals surface area contributed by atoms with Crippen LogP contribution in [-0.4, -0.2) is 9.97 Å². The maximum atomic E-state index is 6.03. The van der Waals surface area contributed by atoms with Crippen LogP contribution in [0.2, 0.25) is 0 Å². The van der Waals surface area contributed by atoms with Gasteiger partial charge in [0.2, 0.25) is 0 Å². The second-order valence-electron chi connectivity index (χ2n) is 4.96. The van der Waals surface area contributed by atoms with Crippen LogP contribution in [0.1, 0.15) is 26.6 Å². The fourth-order valence-electron chi connectivity index (χ4n) is 1.55. The van der Waals surface area contributed by atoms with Gasteiger partial charge in [-0.1, -0.05) is 36.7 Å². The zero-order valence-corrected chi connectivity index (χ0v) is 13.6. The van der Waals surface area contributed by atoms with E-state index in [-0.39, 0.29) is 5.41 Å². The number of rotatable bonds is 0. The molecule has 1 aromatic carbocycles. The van der Waals surface area contributed by atoms with Crippen LogP contribution < -0.4 is 5.73 Å². The molecule has 0 aliphatic carbocycles. The monoisotopic (exact) mass is 405 g/mol. The summed E-state index contributed by atoms with van der Waals surface area (Å²) in [6.07, 6.45) is 0. The van der Waals surface area contributed by atoms with Gasteiger partial charge in [0.25, 0.3) is 0 Å². The third-order valence-electron chi connectivity index (χ3n) is 2.41. The summed E-state index contributed by atoms with van der Waals surface area (Å²) in [7, 11) is 0. The molecule has 3 nitrogen and oxygen atoms in total. The maximum Gasteiger partial charge on any atom is 0.136 e. The van der Waals surface area contributed by atoms with Crippen molar-refractivity contribution in [2.24, 2.45) is 0 Å². The second kappa shape index (κ2) is 4.35. The van der Waals surface area contributed by atoms with Gasteiger partial charge >= 0.3 is 0 Å². The van der Waals surface area contributed by atoms with Crippen molar-refractivity contribution >= 4 is 55.2 Å². The van der Waals surface area contributed by atoms with Crippen LogP contribution in [0, 0.1) is 3.57 Å². The Labute approximate surface area is 122 Å². The van der Waals surface area contributed by atoms with Gasteiger partial charge < -0.3 is 5.73 Å². The molecular weight excluding hydrogens is 393 g/mol. The van der Waals surface area contributed by atoms with Gasteiger partial charge in [0.1, 0.15) is 11.6 Å². The van der Waals surface area contributed by atoms with Gasteiger partial charge in [-0.05, 0) is 34.7 Å². The summed E-state index contributed by atoms with van der Waals surface area (Å²) in [5.41, 5.74) is 6.82. The van der Waals surface area contributed by atoms with E-state index in [1.165, 1.54) is 0 Å². The van der Waals surface area contributed by atoms with Crippen molar-refractivity contribution in [1.82, 2.24) is 9.97 Å². The minimum absolute atomic E-state index is 0.101. The van der Waals surface area contributed by atoms with E-state index in [0.717, 1.165) is 24.8 Å². The molecule has 0 bridgehead atoms. The van der Waals surface area contributed by atoms with E-state index >= 15 is 0 Å². The van der Waals surface area contributed by atoms with Crippen molar-refractivity contribution < 1.29 is 0 Å². The van der Waals surface area contributed by atoms with E-state index in [1.54, 1.807) is 0 Å². The van der Waals surface area contributed by atoms with Crippen molar-refractivity contribution in [3.8, 4) is 0 Å². The van der Waals surface area contributed by atoms with Crippen molar-refractivity contribution in [3.05, 3.63) is 26.0 Å². The predicted molar refractivity (Wildman–Crippen MR) is 83.1 cm³/mol. The largest absolute Gasteiger partial charge is 0.383 e. The zero-order valence-electron chi connectivity index (χ0n) is 9.88. The highest BCUT2D eigenvalue weighted by atomic mass is 127. The number of nitrogens with zero attached hydrogens (tertiary/aromatic N) is 2. The minimum Gasteiger partial charge on any atom is -0.383 e. The first kappa shape index (κ1) is 13.0. The lowest BCUT2D eigenvalue weighted by molar-refractivity contribution is 0.549. The van der Waals surface area contributed by atoms with Crippen LogP contribution in [0.5, 0.6) is 0 Å². The number of aromatic nitrogens is 2. The van der Waals surface area contributed by atoms with Crippen molar-refractivity contribution in [2.45, 2.75) is 26.2 Å². The normalized spacial score (nSPS) is 12.1. The number of anilines is 1. The number of benzene rings is 1. The molecule has 17 heavy (non-hydrogen) atoms. The molecule has 0 unspecified atom stereocenters. The van der Waals surface area contributed by atoms with Crippen LogP contribution in [0.4, 0.5) is 5.82 Å². The quantitative estimate of drug-likeness (QED) is 0.676. The summed E-state index contributed by atoms with van der Waals surface area (Å²) >= 11 is 5.73. The number of fused-ring (bicyclic) bond motifs is 1. The predicted octanol–water partition coefficient (Wildman–Crippen LogP) is 3.88. The maximum absolute atomic E-state index is 6.03. The molecule has 1 heterocycles. The summed E-state index contributed by atoms with van der Waals surface area (Å²) in [6.45, 7) is 6.24. The second-order valence-corrected chi connectivity index (χ2v) is 7.04. The summed E-state index contributed by atoms with van der Waals surface area (Å²) in [5.74, 6) is 1.33. The Balaban J connectivity index is 2.82. The standard InChI is InChI=1S/C12H13BrIN3/c1-12(2,3)11-16-8-5-6(13)4-7(14)9(8)10(15)17-11/h4-5H,1-3H3,(H2,15,16,17).